The number of benzene rings is 2. The van der Waals surface area contributed by atoms with Crippen molar-refractivity contribution in [1.29, 1.82) is 0 Å². The van der Waals surface area contributed by atoms with Gasteiger partial charge in [0, 0.05) is 11.0 Å². The average Bonchev–Trinajstić information content (AvgIpc) is 2.65. The standard InChI is InChI=1S/C20H16F6O3S/c1-3-29-16(27)11-9-12-8-10-15(30-14-7-5-4-6-13(14)28-2)18(20(24,25)26)17(12)19(21,22)23/h4-11H,3H2,1-2H3. The molecule has 0 saturated carbocycles. The molecule has 0 fully saturated rings. The molecule has 10 heteroatoms. The van der Waals surface area contributed by atoms with E-state index in [0.29, 0.717) is 23.9 Å². The van der Waals surface area contributed by atoms with Gasteiger partial charge in [-0.05, 0) is 36.8 Å². The number of carbonyl (C=O) groups excluding carboxylic acids is 1. The SMILES string of the molecule is CCOC(=O)C=Cc1ccc(Sc2ccccc2OC)c(C(F)(F)F)c1C(F)(F)F. The fraction of sp³-hybridized carbons (Fsp3) is 0.250. The van der Waals surface area contributed by atoms with Crippen LogP contribution in [0.5, 0.6) is 5.75 Å². The zero-order valence-corrected chi connectivity index (χ0v) is 16.5. The van der Waals surface area contributed by atoms with Gasteiger partial charge < -0.3 is 9.47 Å². The molecule has 0 N–H and O–H groups in total. The number of rotatable bonds is 6. The van der Waals surface area contributed by atoms with E-state index in [1.54, 1.807) is 6.07 Å². The monoisotopic (exact) mass is 450 g/mol. The molecule has 2 aromatic carbocycles. The van der Waals surface area contributed by atoms with E-state index in [-0.39, 0.29) is 17.3 Å². The van der Waals surface area contributed by atoms with Crippen LogP contribution >= 0.6 is 11.8 Å². The molecule has 2 aromatic rings. The number of hydrogen-bond donors (Lipinski definition) is 0. The van der Waals surface area contributed by atoms with E-state index in [1.807, 2.05) is 0 Å². The number of carbonyl (C=O) groups is 1. The van der Waals surface area contributed by atoms with Gasteiger partial charge in [0.25, 0.3) is 0 Å². The van der Waals surface area contributed by atoms with Gasteiger partial charge in [0.2, 0.25) is 0 Å². The van der Waals surface area contributed by atoms with Gasteiger partial charge in [-0.15, -0.1) is 0 Å². The minimum Gasteiger partial charge on any atom is -0.496 e. The van der Waals surface area contributed by atoms with E-state index >= 15 is 0 Å². The molecule has 0 aromatic heterocycles. The van der Waals surface area contributed by atoms with Crippen LogP contribution in [0.15, 0.2) is 52.3 Å². The molecule has 2 rings (SSSR count). The van der Waals surface area contributed by atoms with Gasteiger partial charge in [-0.1, -0.05) is 30.0 Å². The van der Waals surface area contributed by atoms with Crippen LogP contribution in [0, 0.1) is 0 Å². The Labute approximate surface area is 172 Å². The molecule has 0 aliphatic rings. The van der Waals surface area contributed by atoms with E-state index in [4.69, 9.17) is 4.74 Å². The first-order valence-corrected chi connectivity index (χ1v) is 9.27. The van der Waals surface area contributed by atoms with Crippen molar-refractivity contribution in [1.82, 2.24) is 0 Å². The molecule has 3 nitrogen and oxygen atoms in total. The minimum atomic E-state index is -5.32. The summed E-state index contributed by atoms with van der Waals surface area (Å²) >= 11 is 0.503. The van der Waals surface area contributed by atoms with Gasteiger partial charge in [0.05, 0.1) is 29.7 Å². The smallest absolute Gasteiger partial charge is 0.418 e. The summed E-state index contributed by atoms with van der Waals surface area (Å²) in [5, 5.41) is 0. The highest BCUT2D eigenvalue weighted by atomic mass is 32.2. The summed E-state index contributed by atoms with van der Waals surface area (Å²) < 4.78 is 92.0. The summed E-state index contributed by atoms with van der Waals surface area (Å²) in [6.07, 6.45) is -9.31. The lowest BCUT2D eigenvalue weighted by molar-refractivity contribution is -0.163. The van der Waals surface area contributed by atoms with Gasteiger partial charge >= 0.3 is 18.3 Å². The first-order chi connectivity index (χ1) is 14.0. The summed E-state index contributed by atoms with van der Waals surface area (Å²) in [5.41, 5.74) is -4.51. The van der Waals surface area contributed by atoms with Crippen molar-refractivity contribution in [2.24, 2.45) is 0 Å². The third-order valence-corrected chi connectivity index (χ3v) is 4.86. The lowest BCUT2D eigenvalue weighted by Crippen LogP contribution is -2.19. The minimum absolute atomic E-state index is 0.0302. The molecule has 0 saturated heterocycles. The normalized spacial score (nSPS) is 12.3. The third kappa shape index (κ3) is 5.71. The van der Waals surface area contributed by atoms with Crippen molar-refractivity contribution in [2.75, 3.05) is 13.7 Å². The Morgan fingerprint density at radius 2 is 1.60 bits per heavy atom. The molecular weight excluding hydrogens is 434 g/mol. The number of methoxy groups -OCH3 is 1. The molecule has 30 heavy (non-hydrogen) atoms. The van der Waals surface area contributed by atoms with Gasteiger partial charge in [-0.25, -0.2) is 4.79 Å². The zero-order valence-electron chi connectivity index (χ0n) is 15.7. The van der Waals surface area contributed by atoms with Gasteiger partial charge in [-0.2, -0.15) is 26.3 Å². The number of esters is 1. The van der Waals surface area contributed by atoms with Crippen LogP contribution in [-0.2, 0) is 21.9 Å². The van der Waals surface area contributed by atoms with Crippen LogP contribution < -0.4 is 4.74 Å². The van der Waals surface area contributed by atoms with E-state index in [0.717, 1.165) is 12.1 Å². The molecule has 0 spiro atoms. The molecule has 0 heterocycles. The Bertz CT molecular complexity index is 935. The molecule has 0 unspecified atom stereocenters. The Kier molecular flexibility index (Phi) is 7.46. The average molecular weight is 450 g/mol. The van der Waals surface area contributed by atoms with Crippen molar-refractivity contribution in [3.05, 3.63) is 59.2 Å². The van der Waals surface area contributed by atoms with Gasteiger partial charge in [0.1, 0.15) is 5.75 Å². The quantitative estimate of drug-likeness (QED) is 0.288. The second-order valence-electron chi connectivity index (χ2n) is 5.74. The summed E-state index contributed by atoms with van der Waals surface area (Å²) in [6, 6.07) is 7.84. The first kappa shape index (κ1) is 23.7. The van der Waals surface area contributed by atoms with E-state index in [9.17, 15) is 31.1 Å². The third-order valence-electron chi connectivity index (χ3n) is 3.74. The predicted molar refractivity (Wildman–Crippen MR) is 99.2 cm³/mol. The zero-order chi connectivity index (χ0) is 22.5. The van der Waals surface area contributed by atoms with Gasteiger partial charge in [0.15, 0.2) is 0 Å². The number of alkyl halides is 6. The Morgan fingerprint density at radius 1 is 0.967 bits per heavy atom. The summed E-state index contributed by atoms with van der Waals surface area (Å²) in [5.74, 6) is -0.748. The van der Waals surface area contributed by atoms with Crippen LogP contribution in [0.25, 0.3) is 6.08 Å². The fourth-order valence-corrected chi connectivity index (χ4v) is 3.67. The largest absolute Gasteiger partial charge is 0.496 e. The molecular formula is C20H16F6O3S. The summed E-state index contributed by atoms with van der Waals surface area (Å²) in [4.78, 5) is 11.0. The highest BCUT2D eigenvalue weighted by molar-refractivity contribution is 7.99. The molecule has 162 valence electrons. The second-order valence-corrected chi connectivity index (χ2v) is 6.82. The van der Waals surface area contributed by atoms with Crippen molar-refractivity contribution in [3.8, 4) is 5.75 Å². The molecule has 0 aliphatic carbocycles. The second kappa shape index (κ2) is 9.46. The van der Waals surface area contributed by atoms with Crippen molar-refractivity contribution in [3.63, 3.8) is 0 Å². The first-order valence-electron chi connectivity index (χ1n) is 8.46. The molecule has 0 radical (unpaired) electrons. The highest BCUT2D eigenvalue weighted by Crippen LogP contribution is 2.49. The topological polar surface area (TPSA) is 35.5 Å². The number of hydrogen-bond acceptors (Lipinski definition) is 4. The van der Waals surface area contributed by atoms with Crippen molar-refractivity contribution < 1.29 is 40.6 Å². The summed E-state index contributed by atoms with van der Waals surface area (Å²) in [6.45, 7) is 1.45. The number of halogens is 6. The van der Waals surface area contributed by atoms with E-state index in [2.05, 4.69) is 4.74 Å². The molecule has 0 amide bonds. The number of para-hydroxylation sites is 1. The molecule has 0 bridgehead atoms. The molecule has 0 aliphatic heterocycles. The maximum atomic E-state index is 13.8. The lowest BCUT2D eigenvalue weighted by atomic mass is 9.99. The van der Waals surface area contributed by atoms with Crippen molar-refractivity contribution in [2.45, 2.75) is 29.1 Å². The van der Waals surface area contributed by atoms with Crippen molar-refractivity contribution >= 4 is 23.8 Å². The van der Waals surface area contributed by atoms with Gasteiger partial charge in [-0.3, -0.25) is 0 Å². The highest BCUT2D eigenvalue weighted by Gasteiger charge is 2.46. The molecule has 0 atom stereocenters. The van der Waals surface area contributed by atoms with E-state index < -0.39 is 39.9 Å². The maximum Gasteiger partial charge on any atom is 0.418 e. The lowest BCUT2D eigenvalue weighted by Gasteiger charge is -2.21. The predicted octanol–water partition coefficient (Wildman–Crippen LogP) is 6.46. The van der Waals surface area contributed by atoms with E-state index in [1.165, 1.54) is 32.2 Å². The van der Waals surface area contributed by atoms with Crippen LogP contribution in [0.4, 0.5) is 26.3 Å². The summed E-state index contributed by atoms with van der Waals surface area (Å²) in [7, 11) is 1.30. The van der Waals surface area contributed by atoms with Crippen LogP contribution in [0.1, 0.15) is 23.6 Å². The fourth-order valence-electron chi connectivity index (χ4n) is 2.58. The van der Waals surface area contributed by atoms with Crippen LogP contribution in [0.3, 0.4) is 0 Å². The Balaban J connectivity index is 2.69. The van der Waals surface area contributed by atoms with Crippen LogP contribution in [0.2, 0.25) is 0 Å². The van der Waals surface area contributed by atoms with Crippen LogP contribution in [-0.4, -0.2) is 19.7 Å². The Morgan fingerprint density at radius 3 is 2.17 bits per heavy atom. The Hall–Kier alpha value is -2.62. The maximum absolute atomic E-state index is 13.8. The number of ether oxygens (including phenoxy) is 2.